The molecule has 0 amide bonds. The lowest BCUT2D eigenvalue weighted by Gasteiger charge is -2.07. The van der Waals surface area contributed by atoms with E-state index < -0.39 is 0 Å². The number of Topliss-reactive ketones (excluding diaryl/α,β-unsaturated/α-hetero) is 1. The topological polar surface area (TPSA) is 35.5 Å². The summed E-state index contributed by atoms with van der Waals surface area (Å²) in [6.45, 7) is 3.61. The van der Waals surface area contributed by atoms with Gasteiger partial charge in [-0.2, -0.15) is 0 Å². The van der Waals surface area contributed by atoms with Crippen LogP contribution < -0.4 is 9.47 Å². The number of ketones is 1. The van der Waals surface area contributed by atoms with Gasteiger partial charge in [0.25, 0.3) is 0 Å². The molecule has 74 valence electrons. The molecule has 1 aromatic rings. The van der Waals surface area contributed by atoms with Crippen LogP contribution in [-0.2, 0) is 0 Å². The Bertz CT molecular complexity index is 412. The Morgan fingerprint density at radius 3 is 2.71 bits per heavy atom. The van der Waals surface area contributed by atoms with E-state index in [1.165, 1.54) is 6.92 Å². The number of hydrogen-bond acceptors (Lipinski definition) is 3. The van der Waals surface area contributed by atoms with Crippen LogP contribution in [0, 0.1) is 6.92 Å². The van der Waals surface area contributed by atoms with Crippen molar-refractivity contribution >= 4 is 21.7 Å². The van der Waals surface area contributed by atoms with Gasteiger partial charge in [0.05, 0.1) is 4.47 Å². The number of hydrogen-bond donors (Lipinski definition) is 0. The summed E-state index contributed by atoms with van der Waals surface area (Å²) in [6, 6.07) is 1.77. The molecule has 0 unspecified atom stereocenters. The van der Waals surface area contributed by atoms with Crippen molar-refractivity contribution < 1.29 is 14.3 Å². The predicted octanol–water partition coefficient (Wildman–Crippen LogP) is 2.69. The highest BCUT2D eigenvalue weighted by Gasteiger charge is 2.23. The third kappa shape index (κ3) is 1.30. The Labute approximate surface area is 90.1 Å². The fraction of sp³-hybridized carbons (Fsp3) is 0.300. The zero-order valence-electron chi connectivity index (χ0n) is 7.89. The minimum absolute atomic E-state index is 0.0292. The van der Waals surface area contributed by atoms with E-state index in [1.54, 1.807) is 6.07 Å². The van der Waals surface area contributed by atoms with E-state index in [9.17, 15) is 4.79 Å². The Balaban J connectivity index is 2.68. The quantitative estimate of drug-likeness (QED) is 0.725. The lowest BCUT2D eigenvalue weighted by atomic mass is 10.0. The van der Waals surface area contributed by atoms with Crippen LogP contribution >= 0.6 is 15.9 Å². The van der Waals surface area contributed by atoms with Gasteiger partial charge in [0.2, 0.25) is 6.79 Å². The van der Waals surface area contributed by atoms with Gasteiger partial charge in [0, 0.05) is 11.1 Å². The minimum Gasteiger partial charge on any atom is -0.453 e. The fourth-order valence-electron chi connectivity index (χ4n) is 1.52. The molecule has 0 N–H and O–H groups in total. The van der Waals surface area contributed by atoms with E-state index in [-0.39, 0.29) is 12.6 Å². The van der Waals surface area contributed by atoms with Crippen molar-refractivity contribution in [1.82, 2.24) is 0 Å². The van der Waals surface area contributed by atoms with Crippen LogP contribution in [-0.4, -0.2) is 12.6 Å². The van der Waals surface area contributed by atoms with E-state index in [1.807, 2.05) is 6.92 Å². The average Bonchev–Trinajstić information content (AvgIpc) is 2.59. The summed E-state index contributed by atoms with van der Waals surface area (Å²) < 4.78 is 11.3. The lowest BCUT2D eigenvalue weighted by Crippen LogP contribution is -1.97. The third-order valence-corrected chi connectivity index (χ3v) is 2.81. The maximum atomic E-state index is 11.3. The number of fused-ring (bicyclic) bond motifs is 1. The predicted molar refractivity (Wildman–Crippen MR) is 55.0 cm³/mol. The molecular weight excluding hydrogens is 248 g/mol. The number of carbonyl (C=O) groups excluding carboxylic acids is 1. The number of rotatable bonds is 1. The van der Waals surface area contributed by atoms with Gasteiger partial charge >= 0.3 is 0 Å². The Hall–Kier alpha value is -1.03. The summed E-state index contributed by atoms with van der Waals surface area (Å²) >= 11 is 3.34. The van der Waals surface area contributed by atoms with Crippen molar-refractivity contribution in [3.63, 3.8) is 0 Å². The molecule has 1 heterocycles. The summed E-state index contributed by atoms with van der Waals surface area (Å²) in [5, 5.41) is 0. The standard InChI is InChI=1S/C10H9BrO3/c1-5-7(6(2)12)3-8(11)10-9(5)13-4-14-10/h3H,4H2,1-2H3. The molecule has 1 aromatic carbocycles. The molecular formula is C10H9BrO3. The van der Waals surface area contributed by atoms with Gasteiger partial charge in [-0.1, -0.05) is 0 Å². The normalized spacial score (nSPS) is 13.1. The monoisotopic (exact) mass is 256 g/mol. The Morgan fingerprint density at radius 2 is 2.07 bits per heavy atom. The van der Waals surface area contributed by atoms with Crippen LogP contribution in [0.2, 0.25) is 0 Å². The van der Waals surface area contributed by atoms with Crippen LogP contribution in [0.3, 0.4) is 0 Å². The van der Waals surface area contributed by atoms with Crippen molar-refractivity contribution in [2.45, 2.75) is 13.8 Å². The van der Waals surface area contributed by atoms with E-state index in [4.69, 9.17) is 9.47 Å². The molecule has 0 fully saturated rings. The molecule has 0 aliphatic carbocycles. The van der Waals surface area contributed by atoms with Gasteiger partial charge in [-0.05, 0) is 35.8 Å². The number of carbonyl (C=O) groups is 1. The first-order valence-electron chi connectivity index (χ1n) is 4.21. The number of benzene rings is 1. The summed E-state index contributed by atoms with van der Waals surface area (Å²) in [6.07, 6.45) is 0. The molecule has 0 spiro atoms. The largest absolute Gasteiger partial charge is 0.453 e. The average molecular weight is 257 g/mol. The lowest BCUT2D eigenvalue weighted by molar-refractivity contribution is 0.101. The van der Waals surface area contributed by atoms with Crippen LogP contribution in [0.1, 0.15) is 22.8 Å². The Morgan fingerprint density at radius 1 is 1.43 bits per heavy atom. The van der Waals surface area contributed by atoms with Gasteiger partial charge in [-0.15, -0.1) is 0 Å². The van der Waals surface area contributed by atoms with Crippen LogP contribution in [0.4, 0.5) is 0 Å². The maximum Gasteiger partial charge on any atom is 0.231 e. The van der Waals surface area contributed by atoms with E-state index in [0.29, 0.717) is 17.1 Å². The zero-order chi connectivity index (χ0) is 10.3. The van der Waals surface area contributed by atoms with Gasteiger partial charge < -0.3 is 9.47 Å². The molecule has 0 bridgehead atoms. The Kier molecular flexibility index (Phi) is 2.23. The summed E-state index contributed by atoms with van der Waals surface area (Å²) in [5.74, 6) is 1.39. The maximum absolute atomic E-state index is 11.3. The van der Waals surface area contributed by atoms with Crippen LogP contribution in [0.15, 0.2) is 10.5 Å². The molecule has 1 aliphatic heterocycles. The molecule has 0 radical (unpaired) electrons. The molecule has 0 atom stereocenters. The number of halogens is 1. The van der Waals surface area contributed by atoms with E-state index >= 15 is 0 Å². The highest BCUT2D eigenvalue weighted by atomic mass is 79.9. The summed E-state index contributed by atoms with van der Waals surface area (Å²) in [4.78, 5) is 11.3. The molecule has 0 saturated carbocycles. The molecule has 0 saturated heterocycles. The second kappa shape index (κ2) is 3.28. The molecule has 0 aromatic heterocycles. The van der Waals surface area contributed by atoms with E-state index in [0.717, 1.165) is 10.0 Å². The number of ether oxygens (including phenoxy) is 2. The van der Waals surface area contributed by atoms with Crippen LogP contribution in [0.25, 0.3) is 0 Å². The first-order valence-corrected chi connectivity index (χ1v) is 5.00. The first kappa shape index (κ1) is 9.52. The molecule has 4 heteroatoms. The highest BCUT2D eigenvalue weighted by Crippen LogP contribution is 2.43. The smallest absolute Gasteiger partial charge is 0.231 e. The third-order valence-electron chi connectivity index (χ3n) is 2.22. The van der Waals surface area contributed by atoms with Crippen molar-refractivity contribution in [1.29, 1.82) is 0 Å². The molecule has 14 heavy (non-hydrogen) atoms. The SMILES string of the molecule is CC(=O)c1cc(Br)c2c(c1C)OCO2. The van der Waals surface area contributed by atoms with Gasteiger partial charge in [-0.3, -0.25) is 4.79 Å². The molecule has 2 rings (SSSR count). The van der Waals surface area contributed by atoms with Crippen molar-refractivity contribution in [3.05, 3.63) is 21.7 Å². The van der Waals surface area contributed by atoms with Crippen molar-refractivity contribution in [2.24, 2.45) is 0 Å². The van der Waals surface area contributed by atoms with Gasteiger partial charge in [0.15, 0.2) is 17.3 Å². The highest BCUT2D eigenvalue weighted by molar-refractivity contribution is 9.10. The fourth-order valence-corrected chi connectivity index (χ4v) is 2.05. The van der Waals surface area contributed by atoms with Crippen molar-refractivity contribution in [3.8, 4) is 11.5 Å². The molecule has 1 aliphatic rings. The van der Waals surface area contributed by atoms with E-state index in [2.05, 4.69) is 15.9 Å². The summed E-state index contributed by atoms with van der Waals surface area (Å²) in [5.41, 5.74) is 1.51. The second-order valence-corrected chi connectivity index (χ2v) is 4.01. The van der Waals surface area contributed by atoms with Crippen LogP contribution in [0.5, 0.6) is 11.5 Å². The summed E-state index contributed by atoms with van der Waals surface area (Å²) in [7, 11) is 0. The first-order chi connectivity index (χ1) is 6.61. The second-order valence-electron chi connectivity index (χ2n) is 3.15. The zero-order valence-corrected chi connectivity index (χ0v) is 9.47. The van der Waals surface area contributed by atoms with Gasteiger partial charge in [0.1, 0.15) is 0 Å². The van der Waals surface area contributed by atoms with Gasteiger partial charge in [-0.25, -0.2) is 0 Å². The minimum atomic E-state index is 0.0292. The molecule has 3 nitrogen and oxygen atoms in total. The van der Waals surface area contributed by atoms with Crippen molar-refractivity contribution in [2.75, 3.05) is 6.79 Å².